The molecule has 1 aliphatic rings. The van der Waals surface area contributed by atoms with E-state index in [1.807, 2.05) is 76.2 Å². The van der Waals surface area contributed by atoms with E-state index in [0.29, 0.717) is 28.8 Å². The number of ether oxygens (including phenoxy) is 3. The maximum Gasteiger partial charge on any atom is 0.410 e. The van der Waals surface area contributed by atoms with E-state index in [2.05, 4.69) is 15.9 Å². The Morgan fingerprint density at radius 1 is 1.14 bits per heavy atom. The first-order valence-electron chi connectivity index (χ1n) is 11.9. The van der Waals surface area contributed by atoms with Gasteiger partial charge in [-0.3, -0.25) is 0 Å². The van der Waals surface area contributed by atoms with Gasteiger partial charge in [-0.25, -0.2) is 9.18 Å². The monoisotopic (exact) mass is 555 g/mol. The number of fused-ring (bicyclic) bond motifs is 1. The van der Waals surface area contributed by atoms with Crippen molar-refractivity contribution in [2.75, 3.05) is 13.7 Å². The van der Waals surface area contributed by atoms with E-state index in [1.165, 1.54) is 6.07 Å². The second-order valence-corrected chi connectivity index (χ2v) is 10.7. The number of amides is 1. The summed E-state index contributed by atoms with van der Waals surface area (Å²) in [5.41, 5.74) is 3.90. The number of benzene rings is 3. The predicted molar refractivity (Wildman–Crippen MR) is 142 cm³/mol. The van der Waals surface area contributed by atoms with Gasteiger partial charge < -0.3 is 19.1 Å². The van der Waals surface area contributed by atoms with Crippen LogP contribution in [0.3, 0.4) is 0 Å². The largest absolute Gasteiger partial charge is 0.496 e. The summed E-state index contributed by atoms with van der Waals surface area (Å²) in [5.74, 6) is 0.348. The molecule has 1 amide bonds. The maximum atomic E-state index is 15.3. The molecule has 0 saturated carbocycles. The lowest BCUT2D eigenvalue weighted by Gasteiger charge is -2.37. The average Bonchev–Trinajstić information content (AvgIpc) is 2.82. The Kier molecular flexibility index (Phi) is 7.59. The Balaban J connectivity index is 1.68. The van der Waals surface area contributed by atoms with Gasteiger partial charge >= 0.3 is 6.09 Å². The Morgan fingerprint density at radius 3 is 2.50 bits per heavy atom. The first-order valence-corrected chi connectivity index (χ1v) is 12.7. The fourth-order valence-electron chi connectivity index (χ4n) is 4.53. The van der Waals surface area contributed by atoms with Crippen molar-refractivity contribution in [3.8, 4) is 22.6 Å². The van der Waals surface area contributed by atoms with Gasteiger partial charge in [0.05, 0.1) is 17.6 Å². The second-order valence-electron chi connectivity index (χ2n) is 9.85. The predicted octanol–water partition coefficient (Wildman–Crippen LogP) is 7.70. The number of hydrogen-bond acceptors (Lipinski definition) is 4. The summed E-state index contributed by atoms with van der Waals surface area (Å²) in [4.78, 5) is 14.5. The third-order valence-electron chi connectivity index (χ3n) is 6.19. The van der Waals surface area contributed by atoms with E-state index in [1.54, 1.807) is 12.0 Å². The van der Waals surface area contributed by atoms with E-state index in [-0.39, 0.29) is 24.5 Å². The van der Waals surface area contributed by atoms with Crippen LogP contribution in [0.1, 0.15) is 50.4 Å². The number of rotatable bonds is 5. The van der Waals surface area contributed by atoms with Crippen molar-refractivity contribution >= 4 is 22.0 Å². The SMILES string of the molecule is COc1ccc2c(c1-c1cc(F)c(OCc3ccccc3)c(Br)c1)CCN(C(=O)OC(C)(C)C)[C@@H]2C. The third-order valence-corrected chi connectivity index (χ3v) is 6.78. The normalized spacial score (nSPS) is 15.3. The fourth-order valence-corrected chi connectivity index (χ4v) is 5.08. The molecule has 36 heavy (non-hydrogen) atoms. The molecule has 0 bridgehead atoms. The molecule has 0 aliphatic carbocycles. The zero-order valence-corrected chi connectivity index (χ0v) is 22.8. The van der Waals surface area contributed by atoms with Crippen molar-refractivity contribution in [1.82, 2.24) is 4.90 Å². The topological polar surface area (TPSA) is 48.0 Å². The smallest absolute Gasteiger partial charge is 0.410 e. The Morgan fingerprint density at radius 2 is 1.86 bits per heavy atom. The van der Waals surface area contributed by atoms with Crippen LogP contribution in [-0.4, -0.2) is 30.2 Å². The van der Waals surface area contributed by atoms with Crippen molar-refractivity contribution in [3.05, 3.63) is 81.6 Å². The van der Waals surface area contributed by atoms with Gasteiger partial charge in [-0.1, -0.05) is 36.4 Å². The van der Waals surface area contributed by atoms with E-state index in [9.17, 15) is 4.79 Å². The summed E-state index contributed by atoms with van der Waals surface area (Å²) in [5, 5.41) is 0. The quantitative estimate of drug-likeness (QED) is 0.323. The maximum absolute atomic E-state index is 15.3. The van der Waals surface area contributed by atoms with Gasteiger partial charge in [-0.2, -0.15) is 0 Å². The Labute approximate surface area is 220 Å². The highest BCUT2D eigenvalue weighted by atomic mass is 79.9. The second kappa shape index (κ2) is 10.5. The minimum atomic E-state index is -0.573. The zero-order valence-electron chi connectivity index (χ0n) is 21.2. The summed E-state index contributed by atoms with van der Waals surface area (Å²) >= 11 is 3.50. The highest BCUT2D eigenvalue weighted by Gasteiger charge is 2.33. The average molecular weight is 556 g/mol. The van der Waals surface area contributed by atoms with Gasteiger partial charge in [0.1, 0.15) is 18.0 Å². The number of carbonyl (C=O) groups excluding carboxylic acids is 1. The lowest BCUT2D eigenvalue weighted by atomic mass is 9.86. The van der Waals surface area contributed by atoms with Gasteiger partial charge in [-0.05, 0) is 90.5 Å². The molecule has 1 aliphatic heterocycles. The molecule has 0 radical (unpaired) electrons. The molecule has 3 aromatic carbocycles. The van der Waals surface area contributed by atoms with Crippen molar-refractivity contribution in [1.29, 1.82) is 0 Å². The Hall–Kier alpha value is -3.06. The minimum Gasteiger partial charge on any atom is -0.496 e. The van der Waals surface area contributed by atoms with Crippen molar-refractivity contribution in [2.24, 2.45) is 0 Å². The van der Waals surface area contributed by atoms with Gasteiger partial charge in [0.15, 0.2) is 11.6 Å². The molecule has 3 aromatic rings. The molecule has 0 fully saturated rings. The third kappa shape index (κ3) is 5.51. The summed E-state index contributed by atoms with van der Waals surface area (Å²) < 4.78 is 32.9. The summed E-state index contributed by atoms with van der Waals surface area (Å²) in [7, 11) is 1.60. The lowest BCUT2D eigenvalue weighted by molar-refractivity contribution is 0.0160. The van der Waals surface area contributed by atoms with Crippen LogP contribution in [0.2, 0.25) is 0 Å². The van der Waals surface area contributed by atoms with Crippen LogP contribution < -0.4 is 9.47 Å². The standard InChI is InChI=1S/C29H31BrFNO4/c1-18-21-11-12-25(34-5)26(22(21)13-14-32(18)28(33)36-29(2,3)4)20-15-23(30)27(24(31)16-20)35-17-19-9-7-6-8-10-19/h6-12,15-16,18H,13-14,17H2,1-5H3/t18-/m1/s1. The van der Waals surface area contributed by atoms with Crippen LogP contribution >= 0.6 is 15.9 Å². The molecule has 0 unspecified atom stereocenters. The van der Waals surface area contributed by atoms with Gasteiger partial charge in [0, 0.05) is 12.1 Å². The molecule has 4 rings (SSSR count). The molecule has 7 heteroatoms. The number of carbonyl (C=O) groups is 1. The first-order chi connectivity index (χ1) is 17.1. The Bertz CT molecular complexity index is 1230. The van der Waals surface area contributed by atoms with Crippen LogP contribution in [0.25, 0.3) is 11.1 Å². The molecule has 5 nitrogen and oxygen atoms in total. The van der Waals surface area contributed by atoms with Gasteiger partial charge in [-0.15, -0.1) is 0 Å². The van der Waals surface area contributed by atoms with E-state index in [4.69, 9.17) is 14.2 Å². The summed E-state index contributed by atoms with van der Waals surface area (Å²) in [6.07, 6.45) is 0.253. The van der Waals surface area contributed by atoms with Crippen LogP contribution in [0.15, 0.2) is 59.1 Å². The number of hydrogen-bond donors (Lipinski definition) is 0. The lowest BCUT2D eigenvalue weighted by Crippen LogP contribution is -2.42. The summed E-state index contributed by atoms with van der Waals surface area (Å²) in [6.45, 7) is 8.31. The molecule has 0 N–H and O–H groups in total. The first kappa shape index (κ1) is 26.0. The van der Waals surface area contributed by atoms with E-state index >= 15 is 4.39 Å². The number of nitrogens with zero attached hydrogens (tertiary/aromatic N) is 1. The highest BCUT2D eigenvalue weighted by molar-refractivity contribution is 9.10. The van der Waals surface area contributed by atoms with Crippen LogP contribution in [0, 0.1) is 5.82 Å². The van der Waals surface area contributed by atoms with Gasteiger partial charge in [0.25, 0.3) is 0 Å². The van der Waals surface area contributed by atoms with Crippen LogP contribution in [-0.2, 0) is 17.8 Å². The van der Waals surface area contributed by atoms with Gasteiger partial charge in [0.2, 0.25) is 0 Å². The molecule has 1 heterocycles. The molecule has 190 valence electrons. The molecule has 0 aromatic heterocycles. The van der Waals surface area contributed by atoms with E-state index in [0.717, 1.165) is 22.3 Å². The minimum absolute atomic E-state index is 0.163. The van der Waals surface area contributed by atoms with Crippen molar-refractivity contribution in [2.45, 2.75) is 52.4 Å². The summed E-state index contributed by atoms with van der Waals surface area (Å²) in [6, 6.07) is 16.6. The molecular formula is C29H31BrFNO4. The molecular weight excluding hydrogens is 525 g/mol. The van der Waals surface area contributed by atoms with Crippen molar-refractivity contribution < 1.29 is 23.4 Å². The van der Waals surface area contributed by atoms with Crippen LogP contribution in [0.4, 0.5) is 9.18 Å². The molecule has 0 saturated heterocycles. The fraction of sp³-hybridized carbons (Fsp3) is 0.345. The van der Waals surface area contributed by atoms with E-state index < -0.39 is 11.4 Å². The zero-order chi connectivity index (χ0) is 26.0. The highest BCUT2D eigenvalue weighted by Crippen LogP contribution is 2.44. The number of methoxy groups -OCH3 is 1. The van der Waals surface area contributed by atoms with Crippen molar-refractivity contribution in [3.63, 3.8) is 0 Å². The molecule has 1 atom stereocenters. The number of halogens is 2. The van der Waals surface area contributed by atoms with Crippen LogP contribution in [0.5, 0.6) is 11.5 Å². The molecule has 0 spiro atoms.